The molecule has 1 aromatic carbocycles. The van der Waals surface area contributed by atoms with E-state index in [-0.39, 0.29) is 36.9 Å². The lowest BCUT2D eigenvalue weighted by atomic mass is 10.1. The summed E-state index contributed by atoms with van der Waals surface area (Å²) in [6, 6.07) is 9.49. The quantitative estimate of drug-likeness (QED) is 0.539. The Bertz CT molecular complexity index is 961. The lowest BCUT2D eigenvalue weighted by molar-refractivity contribution is -0.125. The van der Waals surface area contributed by atoms with E-state index in [4.69, 9.17) is 0 Å². The molecule has 1 aliphatic heterocycles. The summed E-state index contributed by atoms with van der Waals surface area (Å²) in [4.78, 5) is 40.2. The van der Waals surface area contributed by atoms with Crippen LogP contribution in [-0.2, 0) is 4.79 Å². The number of rotatable bonds is 5. The molecular weight excluding hydrogens is 410 g/mol. The predicted molar refractivity (Wildman–Crippen MR) is 104 cm³/mol. The normalized spacial score (nSPS) is 17.1. The van der Waals surface area contributed by atoms with Crippen LogP contribution < -0.4 is 0 Å². The molecule has 0 atom stereocenters. The monoisotopic (exact) mass is 429 g/mol. The highest BCUT2D eigenvalue weighted by molar-refractivity contribution is 9.10. The first-order valence-electron chi connectivity index (χ1n) is 8.96. The molecule has 7 heteroatoms. The second-order valence-corrected chi connectivity index (χ2v) is 8.06. The summed E-state index contributed by atoms with van der Waals surface area (Å²) >= 11 is 3.47. The number of benzene rings is 1. The van der Waals surface area contributed by atoms with Crippen LogP contribution in [0.2, 0.25) is 0 Å². The molecule has 3 amide bonds. The van der Waals surface area contributed by atoms with Crippen molar-refractivity contribution in [2.24, 2.45) is 0 Å². The molecule has 2 heterocycles. The number of halogens is 1. The average Bonchev–Trinajstić information content (AvgIpc) is 3.36. The van der Waals surface area contributed by atoms with Gasteiger partial charge in [-0.3, -0.25) is 14.5 Å². The summed E-state index contributed by atoms with van der Waals surface area (Å²) in [5.41, 5.74) is 3.21. The van der Waals surface area contributed by atoms with E-state index < -0.39 is 0 Å². The van der Waals surface area contributed by atoms with E-state index in [2.05, 4.69) is 15.9 Å². The van der Waals surface area contributed by atoms with Gasteiger partial charge in [-0.05, 0) is 51.0 Å². The fourth-order valence-corrected chi connectivity index (χ4v) is 4.06. The van der Waals surface area contributed by atoms with E-state index >= 15 is 0 Å². The van der Waals surface area contributed by atoms with E-state index in [0.717, 1.165) is 39.3 Å². The van der Waals surface area contributed by atoms with Crippen molar-refractivity contribution in [2.45, 2.75) is 32.7 Å². The summed E-state index contributed by atoms with van der Waals surface area (Å²) in [5.74, 6) is -0.509. The Labute approximate surface area is 165 Å². The summed E-state index contributed by atoms with van der Waals surface area (Å²) in [5, 5.41) is 0. The number of Topliss-reactive ketones (excluding diaryl/α,β-unsaturated/α-hetero) is 1. The molecule has 1 saturated heterocycles. The molecular formula is C20H20BrN3O3. The molecule has 2 aromatic rings. The SMILES string of the molecule is Cc1cc(C(=O)CN2C(=O)CN(C3CC3)C2=O)c(C)n1-c1cccc(Br)c1. The number of amides is 3. The summed E-state index contributed by atoms with van der Waals surface area (Å²) in [7, 11) is 0. The van der Waals surface area contributed by atoms with Gasteiger partial charge in [0.05, 0.1) is 6.54 Å². The summed E-state index contributed by atoms with van der Waals surface area (Å²) < 4.78 is 2.95. The molecule has 0 bridgehead atoms. The first-order chi connectivity index (χ1) is 12.9. The highest BCUT2D eigenvalue weighted by atomic mass is 79.9. The maximum Gasteiger partial charge on any atom is 0.327 e. The van der Waals surface area contributed by atoms with Gasteiger partial charge in [0.1, 0.15) is 6.54 Å². The maximum atomic E-state index is 12.9. The van der Waals surface area contributed by atoms with Gasteiger partial charge in [-0.25, -0.2) is 4.79 Å². The second kappa shape index (κ2) is 6.64. The first-order valence-corrected chi connectivity index (χ1v) is 9.75. The Balaban J connectivity index is 1.59. The van der Waals surface area contributed by atoms with Crippen LogP contribution in [0.3, 0.4) is 0 Å². The molecule has 1 saturated carbocycles. The number of hydrogen-bond donors (Lipinski definition) is 0. The topological polar surface area (TPSA) is 62.6 Å². The zero-order valence-electron chi connectivity index (χ0n) is 15.2. The van der Waals surface area contributed by atoms with Gasteiger partial charge < -0.3 is 9.47 Å². The lowest BCUT2D eigenvalue weighted by Gasteiger charge is -2.16. The smallest absolute Gasteiger partial charge is 0.318 e. The van der Waals surface area contributed by atoms with E-state index in [1.165, 1.54) is 0 Å². The Kier molecular flexibility index (Phi) is 4.42. The van der Waals surface area contributed by atoms with Crippen LogP contribution in [0.1, 0.15) is 34.6 Å². The molecule has 2 fully saturated rings. The van der Waals surface area contributed by atoms with Crippen molar-refractivity contribution in [3.63, 3.8) is 0 Å². The number of hydrogen-bond acceptors (Lipinski definition) is 3. The number of aryl methyl sites for hydroxylation is 1. The van der Waals surface area contributed by atoms with Gasteiger partial charge in [-0.1, -0.05) is 22.0 Å². The third-order valence-electron chi connectivity index (χ3n) is 5.17. The third kappa shape index (κ3) is 3.20. The minimum Gasteiger partial charge on any atom is -0.318 e. The summed E-state index contributed by atoms with van der Waals surface area (Å²) in [6.07, 6.45) is 1.88. The van der Waals surface area contributed by atoms with Crippen molar-refractivity contribution in [3.05, 3.63) is 51.8 Å². The molecule has 140 valence electrons. The molecule has 1 aromatic heterocycles. The van der Waals surface area contributed by atoms with Crippen molar-refractivity contribution in [1.29, 1.82) is 0 Å². The number of ketones is 1. The first kappa shape index (κ1) is 18.0. The second-order valence-electron chi connectivity index (χ2n) is 7.14. The molecule has 2 aliphatic rings. The van der Waals surface area contributed by atoms with Gasteiger partial charge in [0.2, 0.25) is 0 Å². The minimum atomic E-state index is -0.336. The predicted octanol–water partition coefficient (Wildman–Crippen LogP) is 3.47. The van der Waals surface area contributed by atoms with Gasteiger partial charge in [0.25, 0.3) is 5.91 Å². The van der Waals surface area contributed by atoms with E-state index in [0.29, 0.717) is 5.56 Å². The van der Waals surface area contributed by atoms with Gasteiger partial charge in [0, 0.05) is 33.2 Å². The molecule has 0 spiro atoms. The fourth-order valence-electron chi connectivity index (χ4n) is 3.67. The number of imide groups is 1. The Morgan fingerprint density at radius 2 is 1.93 bits per heavy atom. The van der Waals surface area contributed by atoms with Crippen molar-refractivity contribution >= 4 is 33.7 Å². The highest BCUT2D eigenvalue weighted by Crippen LogP contribution is 2.30. The van der Waals surface area contributed by atoms with Crippen LogP contribution in [0.15, 0.2) is 34.8 Å². The number of carbonyl (C=O) groups is 3. The van der Waals surface area contributed by atoms with Crippen LogP contribution in [0.25, 0.3) is 5.69 Å². The zero-order chi connectivity index (χ0) is 19.3. The van der Waals surface area contributed by atoms with Gasteiger partial charge >= 0.3 is 6.03 Å². The molecule has 6 nitrogen and oxygen atoms in total. The van der Waals surface area contributed by atoms with E-state index in [9.17, 15) is 14.4 Å². The number of nitrogens with zero attached hydrogens (tertiary/aromatic N) is 3. The zero-order valence-corrected chi connectivity index (χ0v) is 16.8. The van der Waals surface area contributed by atoms with Crippen molar-refractivity contribution < 1.29 is 14.4 Å². The fraction of sp³-hybridized carbons (Fsp3) is 0.350. The van der Waals surface area contributed by atoms with Crippen LogP contribution in [0, 0.1) is 13.8 Å². The van der Waals surface area contributed by atoms with Crippen molar-refractivity contribution in [3.8, 4) is 5.69 Å². The van der Waals surface area contributed by atoms with Crippen LogP contribution >= 0.6 is 15.9 Å². The number of urea groups is 1. The van der Waals surface area contributed by atoms with E-state index in [1.54, 1.807) is 4.90 Å². The van der Waals surface area contributed by atoms with Crippen LogP contribution in [-0.4, -0.2) is 51.2 Å². The van der Waals surface area contributed by atoms with Gasteiger partial charge in [-0.15, -0.1) is 0 Å². The summed E-state index contributed by atoms with van der Waals surface area (Å²) in [6.45, 7) is 3.70. The Morgan fingerprint density at radius 1 is 1.19 bits per heavy atom. The molecule has 0 unspecified atom stereocenters. The van der Waals surface area contributed by atoms with Gasteiger partial charge in [0.15, 0.2) is 5.78 Å². The van der Waals surface area contributed by atoms with Crippen molar-refractivity contribution in [2.75, 3.05) is 13.1 Å². The maximum absolute atomic E-state index is 12.9. The molecule has 1 aliphatic carbocycles. The average molecular weight is 430 g/mol. The number of carbonyl (C=O) groups excluding carboxylic acids is 3. The molecule has 0 radical (unpaired) electrons. The van der Waals surface area contributed by atoms with Gasteiger partial charge in [-0.2, -0.15) is 0 Å². The Morgan fingerprint density at radius 3 is 2.59 bits per heavy atom. The highest BCUT2D eigenvalue weighted by Gasteiger charge is 2.44. The van der Waals surface area contributed by atoms with E-state index in [1.807, 2.05) is 48.7 Å². The molecule has 4 rings (SSSR count). The molecule has 0 N–H and O–H groups in total. The Hall–Kier alpha value is -2.41. The lowest BCUT2D eigenvalue weighted by Crippen LogP contribution is -2.37. The number of aromatic nitrogens is 1. The van der Waals surface area contributed by atoms with Crippen LogP contribution in [0.5, 0.6) is 0 Å². The van der Waals surface area contributed by atoms with Crippen LogP contribution in [0.4, 0.5) is 4.79 Å². The standard InChI is InChI=1S/C20H20BrN3O3/c1-12-8-17(13(2)24(12)16-5-3-4-14(21)9-16)18(25)10-23-19(26)11-22(20(23)27)15-6-7-15/h3-5,8-9,15H,6-7,10-11H2,1-2H3. The third-order valence-corrected chi connectivity index (χ3v) is 5.66. The molecule has 27 heavy (non-hydrogen) atoms. The minimum absolute atomic E-state index is 0.0911. The largest absolute Gasteiger partial charge is 0.327 e. The van der Waals surface area contributed by atoms with Crippen molar-refractivity contribution in [1.82, 2.24) is 14.4 Å².